The zero-order valence-corrected chi connectivity index (χ0v) is 18.3. The second-order valence-corrected chi connectivity index (χ2v) is 9.69. The second kappa shape index (κ2) is 8.06. The Morgan fingerprint density at radius 3 is 2.73 bits per heavy atom. The van der Waals surface area contributed by atoms with Gasteiger partial charge in [0.15, 0.2) is 0 Å². The number of hydrogen-bond acceptors (Lipinski definition) is 2. The van der Waals surface area contributed by atoms with E-state index in [2.05, 4.69) is 73.8 Å². The number of rotatable bonds is 4. The molecule has 2 aromatic rings. The van der Waals surface area contributed by atoms with E-state index in [-0.39, 0.29) is 0 Å². The van der Waals surface area contributed by atoms with Gasteiger partial charge in [0.25, 0.3) is 0 Å². The molecule has 0 heterocycles. The molecule has 0 radical (unpaired) electrons. The Balaban J connectivity index is 1.31. The molecular weight excluding hydrogens is 366 g/mol. The first-order chi connectivity index (χ1) is 14.7. The summed E-state index contributed by atoms with van der Waals surface area (Å²) in [6.45, 7) is 2.54. The zero-order chi connectivity index (χ0) is 20.6. The number of aliphatic imine (C=N–C) groups is 1. The van der Waals surface area contributed by atoms with Crippen LogP contribution in [0.4, 0.5) is 0 Å². The van der Waals surface area contributed by atoms with E-state index in [1.807, 2.05) is 0 Å². The summed E-state index contributed by atoms with van der Waals surface area (Å²) in [7, 11) is 1.77. The van der Waals surface area contributed by atoms with Crippen LogP contribution in [0.2, 0.25) is 0 Å². The fourth-order valence-electron chi connectivity index (χ4n) is 6.77. The van der Waals surface area contributed by atoms with Gasteiger partial charge >= 0.3 is 0 Å². The standard InChI is InChI=1S/C28H33NO/c1-28-17-16-24-23-13-11-22(30-2)19-21(23)10-12-25(24)26(28)14-15-27(28)29-18-6-9-20-7-4-3-5-8-20/h3-9,11,13,18-19,24-27H,10,12,14-17H2,1-2H3/b9-6+,29-18?/t24-,25-,26+,27+,28+/m1/s1. The summed E-state index contributed by atoms with van der Waals surface area (Å²) in [5, 5.41) is 0. The number of nitrogens with zero attached hydrogens (tertiary/aromatic N) is 1. The van der Waals surface area contributed by atoms with Gasteiger partial charge in [0.2, 0.25) is 0 Å². The Labute approximate surface area is 181 Å². The van der Waals surface area contributed by atoms with Gasteiger partial charge in [0, 0.05) is 6.21 Å². The van der Waals surface area contributed by atoms with Gasteiger partial charge in [-0.25, -0.2) is 0 Å². The first-order valence-corrected chi connectivity index (χ1v) is 11.6. The summed E-state index contributed by atoms with van der Waals surface area (Å²) >= 11 is 0. The van der Waals surface area contributed by atoms with Gasteiger partial charge in [-0.15, -0.1) is 0 Å². The third kappa shape index (κ3) is 3.41. The van der Waals surface area contributed by atoms with Crippen LogP contribution in [-0.4, -0.2) is 19.4 Å². The van der Waals surface area contributed by atoms with Gasteiger partial charge in [0.1, 0.15) is 5.75 Å². The highest BCUT2D eigenvalue weighted by atomic mass is 16.5. The highest BCUT2D eigenvalue weighted by Crippen LogP contribution is 2.61. The van der Waals surface area contributed by atoms with E-state index in [1.54, 1.807) is 12.7 Å². The van der Waals surface area contributed by atoms with Crippen LogP contribution in [0.15, 0.2) is 59.6 Å². The van der Waals surface area contributed by atoms with E-state index >= 15 is 0 Å². The van der Waals surface area contributed by atoms with E-state index in [4.69, 9.17) is 9.73 Å². The van der Waals surface area contributed by atoms with Crippen LogP contribution >= 0.6 is 0 Å². The maximum absolute atomic E-state index is 5.47. The molecule has 5 atom stereocenters. The Hall–Kier alpha value is -2.35. The maximum Gasteiger partial charge on any atom is 0.119 e. The van der Waals surface area contributed by atoms with Gasteiger partial charge in [-0.1, -0.05) is 49.4 Å². The van der Waals surface area contributed by atoms with Crippen molar-refractivity contribution in [3.8, 4) is 5.75 Å². The third-order valence-corrected chi connectivity index (χ3v) is 8.32. The highest BCUT2D eigenvalue weighted by Gasteiger charge is 2.54. The summed E-state index contributed by atoms with van der Waals surface area (Å²) in [6, 6.07) is 17.8. The molecule has 5 rings (SSSR count). The fraction of sp³-hybridized carbons (Fsp3) is 0.464. The summed E-state index contributed by atoms with van der Waals surface area (Å²) in [4.78, 5) is 5.07. The SMILES string of the molecule is COc1ccc2c(c1)CC[C@@H]1[C@@H]2CC[C@]2(C)[C@@H](N=C/C=C/c3ccccc3)CC[C@@H]12. The van der Waals surface area contributed by atoms with Crippen LogP contribution < -0.4 is 4.74 Å². The van der Waals surface area contributed by atoms with Crippen molar-refractivity contribution in [1.82, 2.24) is 0 Å². The van der Waals surface area contributed by atoms with Crippen molar-refractivity contribution in [2.45, 2.75) is 57.4 Å². The van der Waals surface area contributed by atoms with Gasteiger partial charge in [-0.2, -0.15) is 0 Å². The molecule has 156 valence electrons. The number of methoxy groups -OCH3 is 1. The highest BCUT2D eigenvalue weighted by molar-refractivity contribution is 5.78. The zero-order valence-electron chi connectivity index (χ0n) is 18.3. The topological polar surface area (TPSA) is 21.6 Å². The molecule has 30 heavy (non-hydrogen) atoms. The molecule has 0 N–H and O–H groups in total. The number of hydrogen-bond donors (Lipinski definition) is 0. The molecule has 0 aliphatic heterocycles. The molecule has 2 aromatic carbocycles. The molecule has 3 aliphatic carbocycles. The van der Waals surface area contributed by atoms with Gasteiger partial charge in [-0.3, -0.25) is 4.99 Å². The summed E-state index contributed by atoms with van der Waals surface area (Å²) in [5.41, 5.74) is 4.73. The summed E-state index contributed by atoms with van der Waals surface area (Å²) in [6.07, 6.45) is 14.0. The average Bonchev–Trinajstić information content (AvgIpc) is 3.13. The second-order valence-electron chi connectivity index (χ2n) is 9.69. The molecular formula is C28H33NO. The normalized spacial score (nSPS) is 32.7. The molecule has 0 spiro atoms. The molecule has 0 unspecified atom stereocenters. The number of aryl methyl sites for hydroxylation is 1. The van der Waals surface area contributed by atoms with Gasteiger partial charge < -0.3 is 4.74 Å². The quantitative estimate of drug-likeness (QED) is 0.524. The first-order valence-electron chi connectivity index (χ1n) is 11.6. The summed E-state index contributed by atoms with van der Waals surface area (Å²) in [5.74, 6) is 3.38. The Morgan fingerprint density at radius 2 is 1.90 bits per heavy atom. The third-order valence-electron chi connectivity index (χ3n) is 8.32. The van der Waals surface area contributed by atoms with Crippen molar-refractivity contribution in [1.29, 1.82) is 0 Å². The number of benzene rings is 2. The molecule has 0 saturated heterocycles. The molecule has 0 amide bonds. The number of fused-ring (bicyclic) bond motifs is 5. The van der Waals surface area contributed by atoms with Crippen molar-refractivity contribution in [3.05, 3.63) is 71.3 Å². The van der Waals surface area contributed by atoms with Crippen molar-refractivity contribution >= 4 is 12.3 Å². The number of ether oxygens (including phenoxy) is 1. The van der Waals surface area contributed by atoms with E-state index in [0.717, 1.165) is 23.5 Å². The van der Waals surface area contributed by atoms with E-state index < -0.39 is 0 Å². The fourth-order valence-corrected chi connectivity index (χ4v) is 6.77. The van der Waals surface area contributed by atoms with Crippen molar-refractivity contribution in [2.24, 2.45) is 22.2 Å². The van der Waals surface area contributed by atoms with Crippen LogP contribution in [0, 0.1) is 17.3 Å². The van der Waals surface area contributed by atoms with Crippen LogP contribution in [0.1, 0.15) is 61.6 Å². The smallest absolute Gasteiger partial charge is 0.119 e. The molecule has 3 aliphatic rings. The lowest BCUT2D eigenvalue weighted by Gasteiger charge is -2.50. The molecule has 2 nitrogen and oxygen atoms in total. The lowest BCUT2D eigenvalue weighted by molar-refractivity contribution is 0.0502. The monoisotopic (exact) mass is 399 g/mol. The van der Waals surface area contributed by atoms with Crippen molar-refractivity contribution in [3.63, 3.8) is 0 Å². The minimum absolute atomic E-state index is 0.363. The average molecular weight is 400 g/mol. The minimum Gasteiger partial charge on any atom is -0.497 e. The largest absolute Gasteiger partial charge is 0.497 e. The lowest BCUT2D eigenvalue weighted by Crippen LogP contribution is -2.43. The van der Waals surface area contributed by atoms with Crippen LogP contribution in [0.25, 0.3) is 6.08 Å². The predicted molar refractivity (Wildman–Crippen MR) is 125 cm³/mol. The maximum atomic E-state index is 5.47. The van der Waals surface area contributed by atoms with Gasteiger partial charge in [-0.05, 0) is 96.6 Å². The van der Waals surface area contributed by atoms with Crippen LogP contribution in [-0.2, 0) is 6.42 Å². The molecule has 0 bridgehead atoms. The predicted octanol–water partition coefficient (Wildman–Crippen LogP) is 6.70. The first kappa shape index (κ1) is 19.6. The Kier molecular flexibility index (Phi) is 5.26. The van der Waals surface area contributed by atoms with E-state index in [0.29, 0.717) is 11.5 Å². The van der Waals surface area contributed by atoms with Crippen LogP contribution in [0.5, 0.6) is 5.75 Å². The molecule has 2 saturated carbocycles. The number of allylic oxidation sites excluding steroid dienone is 1. The van der Waals surface area contributed by atoms with E-state index in [9.17, 15) is 0 Å². The Morgan fingerprint density at radius 1 is 1.03 bits per heavy atom. The van der Waals surface area contributed by atoms with Crippen LogP contribution in [0.3, 0.4) is 0 Å². The van der Waals surface area contributed by atoms with Crippen molar-refractivity contribution in [2.75, 3.05) is 7.11 Å². The minimum atomic E-state index is 0.363. The van der Waals surface area contributed by atoms with E-state index in [1.165, 1.54) is 49.7 Å². The van der Waals surface area contributed by atoms with Gasteiger partial charge in [0.05, 0.1) is 13.2 Å². The summed E-state index contributed by atoms with van der Waals surface area (Å²) < 4.78 is 5.47. The molecule has 2 fully saturated rings. The Bertz CT molecular complexity index is 946. The lowest BCUT2D eigenvalue weighted by atomic mass is 9.55. The van der Waals surface area contributed by atoms with Crippen molar-refractivity contribution < 1.29 is 4.74 Å². The molecule has 2 heteroatoms. The molecule has 0 aromatic heterocycles.